The molecule has 0 aliphatic carbocycles. The molecule has 2 heterocycles. The summed E-state index contributed by atoms with van der Waals surface area (Å²) in [6.07, 6.45) is 1.54. The number of imidazole rings is 1. The summed E-state index contributed by atoms with van der Waals surface area (Å²) in [6, 6.07) is 9.40. The molecule has 126 valence electrons. The van der Waals surface area contributed by atoms with Crippen LogP contribution in [0.2, 0.25) is 0 Å². The number of benzene rings is 2. The molecule has 1 aliphatic heterocycles. The van der Waals surface area contributed by atoms with E-state index in [1.165, 1.54) is 24.5 Å². The lowest BCUT2D eigenvalue weighted by Crippen LogP contribution is -2.25. The van der Waals surface area contributed by atoms with Crippen molar-refractivity contribution in [3.63, 3.8) is 0 Å². The normalized spacial score (nSPS) is 16.4. The average Bonchev–Trinajstić information content (AvgIpc) is 3.00. The summed E-state index contributed by atoms with van der Waals surface area (Å²) in [5, 5.41) is 2.72. The van der Waals surface area contributed by atoms with Gasteiger partial charge in [-0.1, -0.05) is 12.1 Å². The van der Waals surface area contributed by atoms with Crippen LogP contribution in [-0.4, -0.2) is 15.5 Å². The molecule has 0 saturated carbocycles. The Labute approximate surface area is 140 Å². The minimum atomic E-state index is -0.977. The number of hydrogen-bond acceptors (Lipinski definition) is 2. The first-order chi connectivity index (χ1) is 12.0. The molecule has 1 N–H and O–H groups in total. The van der Waals surface area contributed by atoms with Crippen LogP contribution in [0.3, 0.4) is 0 Å². The van der Waals surface area contributed by atoms with E-state index in [1.807, 2.05) is 0 Å². The third-order valence-electron chi connectivity index (χ3n) is 4.21. The first-order valence-electron chi connectivity index (χ1n) is 7.61. The number of rotatable bonds is 2. The van der Waals surface area contributed by atoms with Gasteiger partial charge in [0.1, 0.15) is 18.0 Å². The first-order valence-corrected chi connectivity index (χ1v) is 7.61. The quantitative estimate of drug-likeness (QED) is 0.770. The highest BCUT2D eigenvalue weighted by Crippen LogP contribution is 2.37. The van der Waals surface area contributed by atoms with Crippen molar-refractivity contribution in [1.29, 1.82) is 0 Å². The van der Waals surface area contributed by atoms with Gasteiger partial charge < -0.3 is 5.32 Å². The number of nitrogens with zero attached hydrogens (tertiary/aromatic N) is 2. The number of amides is 1. The number of aromatic nitrogens is 2. The average molecular weight is 343 g/mol. The van der Waals surface area contributed by atoms with Gasteiger partial charge in [-0.3, -0.25) is 9.36 Å². The van der Waals surface area contributed by atoms with E-state index in [-0.39, 0.29) is 12.3 Å². The van der Waals surface area contributed by atoms with Crippen molar-refractivity contribution in [2.45, 2.75) is 12.3 Å². The van der Waals surface area contributed by atoms with Crippen LogP contribution in [0.5, 0.6) is 0 Å². The maximum atomic E-state index is 13.6. The molecule has 1 aliphatic rings. The summed E-state index contributed by atoms with van der Waals surface area (Å²) in [7, 11) is 0. The number of anilines is 1. The Morgan fingerprint density at radius 3 is 2.68 bits per heavy atom. The smallest absolute Gasteiger partial charge is 0.226 e. The predicted octanol–water partition coefficient (Wildman–Crippen LogP) is 3.76. The van der Waals surface area contributed by atoms with Gasteiger partial charge in [0.2, 0.25) is 5.91 Å². The summed E-state index contributed by atoms with van der Waals surface area (Å²) >= 11 is 0. The van der Waals surface area contributed by atoms with Crippen molar-refractivity contribution in [2.24, 2.45) is 0 Å². The maximum absolute atomic E-state index is 13.6. The number of fused-ring (bicyclic) bond motifs is 1. The molecule has 4 rings (SSSR count). The zero-order chi connectivity index (χ0) is 17.6. The van der Waals surface area contributed by atoms with Crippen LogP contribution >= 0.6 is 0 Å². The molecule has 1 unspecified atom stereocenters. The fourth-order valence-corrected chi connectivity index (χ4v) is 3.03. The first kappa shape index (κ1) is 15.4. The molecule has 1 atom stereocenters. The zero-order valence-corrected chi connectivity index (χ0v) is 12.8. The van der Waals surface area contributed by atoms with Gasteiger partial charge >= 0.3 is 0 Å². The summed E-state index contributed by atoms with van der Waals surface area (Å²) in [6.45, 7) is 0. The lowest BCUT2D eigenvalue weighted by atomic mass is 9.89. The largest absolute Gasteiger partial charge is 0.310 e. The molecular weight excluding hydrogens is 331 g/mol. The van der Waals surface area contributed by atoms with E-state index in [2.05, 4.69) is 10.3 Å². The maximum Gasteiger partial charge on any atom is 0.226 e. The second kappa shape index (κ2) is 5.77. The molecule has 0 spiro atoms. The van der Waals surface area contributed by atoms with Crippen LogP contribution in [-0.2, 0) is 4.79 Å². The molecule has 3 aromatic rings. The summed E-state index contributed by atoms with van der Waals surface area (Å²) in [4.78, 5) is 16.4. The molecule has 0 fully saturated rings. The van der Waals surface area contributed by atoms with Gasteiger partial charge in [-0.2, -0.15) is 0 Å². The lowest BCUT2D eigenvalue weighted by Gasteiger charge is -2.23. The number of carbonyl (C=O) groups excluding carboxylic acids is 1. The highest BCUT2D eigenvalue weighted by Gasteiger charge is 2.31. The van der Waals surface area contributed by atoms with Gasteiger partial charge in [0.05, 0.1) is 11.4 Å². The van der Waals surface area contributed by atoms with Gasteiger partial charge in [0.15, 0.2) is 11.6 Å². The Hall–Kier alpha value is -3.09. The van der Waals surface area contributed by atoms with E-state index in [4.69, 9.17) is 0 Å². The lowest BCUT2D eigenvalue weighted by molar-refractivity contribution is -0.116. The Morgan fingerprint density at radius 2 is 1.92 bits per heavy atom. The van der Waals surface area contributed by atoms with Crippen LogP contribution in [0.4, 0.5) is 19.0 Å². The molecule has 0 saturated heterocycles. The molecule has 1 amide bonds. The van der Waals surface area contributed by atoms with Crippen LogP contribution in [0, 0.1) is 17.5 Å². The van der Waals surface area contributed by atoms with E-state index in [9.17, 15) is 18.0 Å². The van der Waals surface area contributed by atoms with E-state index in [0.29, 0.717) is 22.8 Å². The van der Waals surface area contributed by atoms with Gasteiger partial charge in [-0.05, 0) is 35.9 Å². The fraction of sp³-hybridized carbons (Fsp3) is 0.111. The highest BCUT2D eigenvalue weighted by atomic mass is 19.2. The van der Waals surface area contributed by atoms with Gasteiger partial charge in [0, 0.05) is 12.3 Å². The van der Waals surface area contributed by atoms with Crippen molar-refractivity contribution in [3.8, 4) is 5.69 Å². The van der Waals surface area contributed by atoms with Crippen molar-refractivity contribution in [1.82, 2.24) is 9.55 Å². The Kier molecular flexibility index (Phi) is 3.56. The third-order valence-corrected chi connectivity index (χ3v) is 4.21. The van der Waals surface area contributed by atoms with Crippen molar-refractivity contribution >= 4 is 11.7 Å². The summed E-state index contributed by atoms with van der Waals surface area (Å²) in [5.74, 6) is -2.73. The molecule has 4 nitrogen and oxygen atoms in total. The molecule has 0 radical (unpaired) electrons. The summed E-state index contributed by atoms with van der Waals surface area (Å²) in [5.41, 5.74) is 1.48. The predicted molar refractivity (Wildman–Crippen MR) is 85.0 cm³/mol. The highest BCUT2D eigenvalue weighted by molar-refractivity contribution is 5.94. The van der Waals surface area contributed by atoms with Crippen LogP contribution in [0.1, 0.15) is 23.6 Å². The second-order valence-corrected chi connectivity index (χ2v) is 5.81. The van der Waals surface area contributed by atoms with Crippen molar-refractivity contribution in [2.75, 3.05) is 5.32 Å². The molecule has 2 aromatic carbocycles. The van der Waals surface area contributed by atoms with E-state index in [0.717, 1.165) is 12.1 Å². The molecule has 7 heteroatoms. The summed E-state index contributed by atoms with van der Waals surface area (Å²) < 4.78 is 41.8. The second-order valence-electron chi connectivity index (χ2n) is 5.81. The van der Waals surface area contributed by atoms with Gasteiger partial charge in [0.25, 0.3) is 0 Å². The van der Waals surface area contributed by atoms with Crippen molar-refractivity contribution in [3.05, 3.63) is 77.5 Å². The number of halogens is 3. The minimum Gasteiger partial charge on any atom is -0.310 e. The number of carbonyl (C=O) groups is 1. The Balaban J connectivity index is 1.82. The van der Waals surface area contributed by atoms with E-state index >= 15 is 0 Å². The SMILES string of the molecule is O=C1CC(c2ccc(F)c(F)c2)c2ncn(-c3cccc(F)c3)c2N1. The van der Waals surface area contributed by atoms with Gasteiger partial charge in [-0.15, -0.1) is 0 Å². The minimum absolute atomic E-state index is 0.0677. The van der Waals surface area contributed by atoms with Crippen LogP contribution in [0.25, 0.3) is 5.69 Å². The number of nitrogens with one attached hydrogen (secondary N) is 1. The van der Waals surface area contributed by atoms with Gasteiger partial charge in [-0.25, -0.2) is 18.2 Å². The Bertz CT molecular complexity index is 983. The zero-order valence-electron chi connectivity index (χ0n) is 12.8. The fourth-order valence-electron chi connectivity index (χ4n) is 3.03. The number of hydrogen-bond donors (Lipinski definition) is 1. The molecule has 25 heavy (non-hydrogen) atoms. The Morgan fingerprint density at radius 1 is 1.08 bits per heavy atom. The molecule has 1 aromatic heterocycles. The standard InChI is InChI=1S/C18H12F3N3O/c19-11-2-1-3-12(7-11)24-9-22-17-13(8-16(25)23-18(17)24)10-4-5-14(20)15(21)6-10/h1-7,9,13H,8H2,(H,23,25). The van der Waals surface area contributed by atoms with E-state index in [1.54, 1.807) is 16.7 Å². The molecule has 0 bridgehead atoms. The van der Waals surface area contributed by atoms with E-state index < -0.39 is 23.4 Å². The van der Waals surface area contributed by atoms with Crippen LogP contribution in [0.15, 0.2) is 48.8 Å². The molecular formula is C18H12F3N3O. The third kappa shape index (κ3) is 2.67. The van der Waals surface area contributed by atoms with Crippen LogP contribution < -0.4 is 5.32 Å². The van der Waals surface area contributed by atoms with Crippen molar-refractivity contribution < 1.29 is 18.0 Å². The topological polar surface area (TPSA) is 46.9 Å². The monoisotopic (exact) mass is 343 g/mol.